The predicted molar refractivity (Wildman–Crippen MR) is 559 cm³/mol. The molecule has 2 rings (SSSR count). The number of aliphatic hydroxyl groups excluding tert-OH is 5. The smallest absolute Gasteiger partial charge is 0.339 e. The third kappa shape index (κ3) is 65.8. The van der Waals surface area contributed by atoms with Gasteiger partial charge in [0.15, 0.2) is 0 Å². The van der Waals surface area contributed by atoms with Crippen LogP contribution in [0.3, 0.4) is 0 Å². The summed E-state index contributed by atoms with van der Waals surface area (Å²) < 4.78 is 103. The lowest BCUT2D eigenvalue weighted by atomic mass is 9.98. The van der Waals surface area contributed by atoms with Crippen molar-refractivity contribution < 1.29 is 149 Å². The second-order valence-corrected chi connectivity index (χ2v) is 40.4. The first-order chi connectivity index (χ1) is 69.6. The van der Waals surface area contributed by atoms with E-state index in [1.807, 2.05) is 0 Å². The summed E-state index contributed by atoms with van der Waals surface area (Å²) in [5.41, 5.74) is -1.18. The molecule has 5 N–H and O–H groups in total. The Morgan fingerprint density at radius 3 is 0.738 bits per heavy atom. The van der Waals surface area contributed by atoms with E-state index in [4.69, 9.17) is 80.5 Å². The van der Waals surface area contributed by atoms with Crippen LogP contribution in [0.15, 0.2) is 36.4 Å². The van der Waals surface area contributed by atoms with Crippen LogP contribution < -0.4 is 0 Å². The van der Waals surface area contributed by atoms with Gasteiger partial charge in [-0.3, -0.25) is 14.4 Å². The molecule has 0 aliphatic rings. The maximum Gasteiger partial charge on any atom is 0.339 e. The number of methoxy groups -OCH3 is 3. The van der Waals surface area contributed by atoms with Crippen LogP contribution in [0.25, 0.3) is 0 Å². The number of aliphatic hydroxyl groups is 5. The van der Waals surface area contributed by atoms with Crippen LogP contribution in [-0.2, 0) is 94.9 Å². The maximum atomic E-state index is 15.4. The minimum atomic E-state index is -1.02. The number of esters is 9. The molecule has 31 nitrogen and oxygen atoms in total. The number of hydrogen-bond donors (Lipinski definition) is 5. The summed E-state index contributed by atoms with van der Waals surface area (Å²) in [6.45, 7) is 25.0. The standard InChI is InChI=1S/C114H196O31/c1-18-22-26-30-47-59-102(98(136-73-84(8)116)55-44-36-39-51-63-106(120)129-15)142-109(123)91-66-68-94(96(70-91)113(127)144-104(61-49-32-28-24-20-3)100(138-75-86(10)118)57-43-35-34-42-54-82(5)6)111(125)140-89(13)77-132-80-93(135-79-88(12)134-72-83(7)115)81-133-78-90(14)141-112(126)95-69-67-92(110(124)143-103(60-48-31-27-23-19-2)99(137-74-85(9)117)56-45-37-40-52-64-107(121)130-16)71-97(95)114(128)145-105(62-50-33-29-25-21-4)101(139-76-87(11)119)58-46-38-41-53-65-108(122)131-17/h66-71,82-90,93,98-105,115-119H,18-65,72-81H2,1-17H3. The van der Waals surface area contributed by atoms with Gasteiger partial charge < -0.3 is 106 Å². The number of carbonyl (C=O) groups is 9. The molecule has 0 radical (unpaired) electrons. The van der Waals surface area contributed by atoms with Crippen molar-refractivity contribution in [1.82, 2.24) is 0 Å². The molecule has 838 valence electrons. The minimum Gasteiger partial charge on any atom is -0.469 e. The van der Waals surface area contributed by atoms with Crippen molar-refractivity contribution in [2.75, 3.05) is 87.4 Å². The Hall–Kier alpha value is -6.85. The van der Waals surface area contributed by atoms with Crippen molar-refractivity contribution in [2.45, 2.75) is 509 Å². The molecule has 0 aliphatic heterocycles. The molecular formula is C114H196O31. The Morgan fingerprint density at radius 2 is 0.476 bits per heavy atom. The number of benzene rings is 2. The van der Waals surface area contributed by atoms with Gasteiger partial charge in [0.25, 0.3) is 0 Å². The number of ether oxygens (including phenoxy) is 17. The van der Waals surface area contributed by atoms with Crippen LogP contribution in [0.4, 0.5) is 0 Å². The summed E-state index contributed by atoms with van der Waals surface area (Å²) in [4.78, 5) is 127. The van der Waals surface area contributed by atoms with Crippen LogP contribution in [0.5, 0.6) is 0 Å². The van der Waals surface area contributed by atoms with Gasteiger partial charge in [0, 0.05) is 19.3 Å². The molecule has 31 heteroatoms. The van der Waals surface area contributed by atoms with Gasteiger partial charge in [-0.25, -0.2) is 28.8 Å². The first kappa shape index (κ1) is 134. The predicted octanol–water partition coefficient (Wildman–Crippen LogP) is 21.8. The largest absolute Gasteiger partial charge is 0.469 e. The second-order valence-electron chi connectivity index (χ2n) is 40.4. The molecule has 0 aliphatic carbocycles. The number of hydrogen-bond acceptors (Lipinski definition) is 31. The lowest BCUT2D eigenvalue weighted by Crippen LogP contribution is -2.36. The van der Waals surface area contributed by atoms with E-state index < -0.39 is 140 Å². The fraction of sp³-hybridized carbons (Fsp3) is 0.816. The Labute approximate surface area is 870 Å². The molecule has 2 aromatic rings. The summed E-state index contributed by atoms with van der Waals surface area (Å²) >= 11 is 0. The van der Waals surface area contributed by atoms with Gasteiger partial charge in [-0.1, -0.05) is 234 Å². The third-order valence-electron chi connectivity index (χ3n) is 25.3. The van der Waals surface area contributed by atoms with Gasteiger partial charge in [-0.15, -0.1) is 0 Å². The molecule has 145 heavy (non-hydrogen) atoms. The quantitative estimate of drug-likeness (QED) is 0.0233. The highest BCUT2D eigenvalue weighted by Crippen LogP contribution is 2.32. The van der Waals surface area contributed by atoms with Gasteiger partial charge in [-0.05, 0) is 194 Å². The highest BCUT2D eigenvalue weighted by Gasteiger charge is 2.36. The highest BCUT2D eigenvalue weighted by molar-refractivity contribution is 6.06. The van der Waals surface area contributed by atoms with Crippen LogP contribution in [0.2, 0.25) is 0 Å². The van der Waals surface area contributed by atoms with Gasteiger partial charge in [-0.2, -0.15) is 0 Å². The lowest BCUT2D eigenvalue weighted by molar-refractivity contribution is -0.141. The maximum absolute atomic E-state index is 15.4. The normalized spacial score (nSPS) is 15.2. The summed E-state index contributed by atoms with van der Waals surface area (Å²) in [6.07, 6.45) is 21.8. The van der Waals surface area contributed by atoms with Crippen molar-refractivity contribution in [1.29, 1.82) is 0 Å². The number of carbonyl (C=O) groups excluding carboxylic acids is 9. The van der Waals surface area contributed by atoms with Gasteiger partial charge in [0.1, 0.15) is 42.7 Å². The average Bonchev–Trinajstić information content (AvgIpc) is 0.808. The molecule has 0 aromatic heterocycles. The van der Waals surface area contributed by atoms with Gasteiger partial charge >= 0.3 is 53.7 Å². The lowest BCUT2D eigenvalue weighted by Gasteiger charge is -2.29. The van der Waals surface area contributed by atoms with E-state index in [0.29, 0.717) is 134 Å². The van der Waals surface area contributed by atoms with Gasteiger partial charge in [0.05, 0.1) is 182 Å². The minimum absolute atomic E-state index is 0.00291. The van der Waals surface area contributed by atoms with Crippen LogP contribution in [0.1, 0.15) is 467 Å². The molecule has 0 spiro atoms. The zero-order chi connectivity index (χ0) is 107. The van der Waals surface area contributed by atoms with E-state index >= 15 is 9.59 Å². The topological polar surface area (TPSA) is 412 Å². The number of rotatable bonds is 94. The van der Waals surface area contributed by atoms with Crippen LogP contribution in [-0.4, -0.2) is 270 Å². The van der Waals surface area contributed by atoms with E-state index in [9.17, 15) is 59.1 Å². The molecule has 2 aromatic carbocycles. The summed E-state index contributed by atoms with van der Waals surface area (Å²) in [5.74, 6) is -5.71. The fourth-order valence-corrected chi connectivity index (χ4v) is 17.0. The van der Waals surface area contributed by atoms with E-state index in [0.717, 1.165) is 161 Å². The van der Waals surface area contributed by atoms with E-state index in [1.54, 1.807) is 55.4 Å². The first-order valence-corrected chi connectivity index (χ1v) is 55.6. The Bertz CT molecular complexity index is 3670. The monoisotopic (exact) mass is 2060 g/mol. The van der Waals surface area contributed by atoms with E-state index in [2.05, 4.69) is 41.5 Å². The molecule has 0 bridgehead atoms. The van der Waals surface area contributed by atoms with Crippen LogP contribution >= 0.6 is 0 Å². The zero-order valence-corrected chi connectivity index (χ0v) is 92.2. The zero-order valence-electron chi connectivity index (χ0n) is 92.2. The van der Waals surface area contributed by atoms with Crippen LogP contribution in [0, 0.1) is 5.92 Å². The van der Waals surface area contributed by atoms with E-state index in [-0.39, 0.29) is 137 Å². The van der Waals surface area contributed by atoms with Crippen molar-refractivity contribution in [2.24, 2.45) is 5.92 Å². The molecular weight excluding hydrogens is 1870 g/mol. The summed E-state index contributed by atoms with van der Waals surface area (Å²) in [6, 6.07) is 8.00. The van der Waals surface area contributed by atoms with Crippen molar-refractivity contribution in [3.63, 3.8) is 0 Å². The summed E-state index contributed by atoms with van der Waals surface area (Å²) in [7, 11) is 4.07. The van der Waals surface area contributed by atoms with E-state index in [1.165, 1.54) is 57.7 Å². The SMILES string of the molecule is CCCCCCCC(OC(=O)c1ccc(C(=O)OC(C)COCC(COCC(C)OC(=O)c2ccc(C(=O)OC(CCCCCCC)C(CCCCCCC(=O)OC)OCC(C)O)cc2C(=O)OC(CCCCCCC)C(CCCCCCC(C)C)OCC(C)O)OCC(C)OCC(C)O)c(C(=O)OC(CCCCCCC)C(CCCCCCC(=O)OC)OCC(C)O)c1)C(CCCCCCC(=O)OC)OCC(C)O. The Kier molecular flexibility index (Phi) is 78.5. The molecule has 17 atom stereocenters. The van der Waals surface area contributed by atoms with Crippen molar-refractivity contribution in [3.05, 3.63) is 69.8 Å². The third-order valence-corrected chi connectivity index (χ3v) is 25.3. The Morgan fingerprint density at radius 1 is 0.234 bits per heavy atom. The fourth-order valence-electron chi connectivity index (χ4n) is 17.0. The molecule has 0 fully saturated rings. The number of unbranched alkanes of at least 4 members (excludes halogenated alkanes) is 28. The van der Waals surface area contributed by atoms with Crippen molar-refractivity contribution >= 4 is 53.7 Å². The molecule has 17 unspecified atom stereocenters. The Balaban J connectivity index is 2.87. The first-order valence-electron chi connectivity index (χ1n) is 55.6. The average molecular weight is 2060 g/mol. The summed E-state index contributed by atoms with van der Waals surface area (Å²) in [5, 5.41) is 52.5. The molecule has 0 amide bonds. The molecule has 0 saturated carbocycles. The highest BCUT2D eigenvalue weighted by atomic mass is 16.6. The molecule has 0 heterocycles. The molecule has 0 saturated heterocycles. The van der Waals surface area contributed by atoms with Crippen molar-refractivity contribution in [3.8, 4) is 0 Å². The second kappa shape index (κ2) is 84.8. The van der Waals surface area contributed by atoms with Gasteiger partial charge in [0.2, 0.25) is 0 Å².